The van der Waals surface area contributed by atoms with E-state index in [0.29, 0.717) is 11.0 Å². The molecule has 2 heterocycles. The molecule has 0 aromatic carbocycles. The molecule has 2 N–H and O–H groups in total. The minimum Gasteiger partial charge on any atom is -0.399 e. The highest BCUT2D eigenvalue weighted by molar-refractivity contribution is 6.62. The number of nitrogens with zero attached hydrogens (tertiary/aromatic N) is 1. The van der Waals surface area contributed by atoms with E-state index in [1.807, 2.05) is 27.7 Å². The summed E-state index contributed by atoms with van der Waals surface area (Å²) in [5, 5.41) is 0. The van der Waals surface area contributed by atoms with E-state index in [2.05, 4.69) is 4.98 Å². The fraction of sp³-hybridized carbons (Fsp3) is 0.643. The van der Waals surface area contributed by atoms with Gasteiger partial charge in [0, 0.05) is 17.3 Å². The zero-order valence-electron chi connectivity index (χ0n) is 12.4. The van der Waals surface area contributed by atoms with Crippen molar-refractivity contribution in [3.05, 3.63) is 23.8 Å². The molecule has 6 heteroatoms. The van der Waals surface area contributed by atoms with E-state index in [0.717, 1.165) is 12.8 Å². The average molecular weight is 278 g/mol. The van der Waals surface area contributed by atoms with E-state index in [-0.39, 0.29) is 0 Å². The Kier molecular flexibility index (Phi) is 2.81. The molecule has 1 saturated heterocycles. The molecule has 108 valence electrons. The molecular weight excluding hydrogens is 258 g/mol. The van der Waals surface area contributed by atoms with E-state index in [1.54, 1.807) is 6.07 Å². The monoisotopic (exact) mass is 278 g/mol. The van der Waals surface area contributed by atoms with Crippen molar-refractivity contribution in [3.63, 3.8) is 0 Å². The van der Waals surface area contributed by atoms with Crippen molar-refractivity contribution in [1.82, 2.24) is 4.98 Å². The fourth-order valence-electron chi connectivity index (χ4n) is 2.49. The molecule has 1 aromatic rings. The van der Waals surface area contributed by atoms with Crippen LogP contribution in [0.1, 0.15) is 46.1 Å². The van der Waals surface area contributed by atoms with Crippen LogP contribution in [0.3, 0.4) is 0 Å². The third kappa shape index (κ3) is 1.98. The lowest BCUT2D eigenvalue weighted by Crippen LogP contribution is -2.42. The molecule has 2 aliphatic rings. The van der Waals surface area contributed by atoms with Gasteiger partial charge in [-0.1, -0.05) is 0 Å². The van der Waals surface area contributed by atoms with Crippen LogP contribution in [0.25, 0.3) is 0 Å². The summed E-state index contributed by atoms with van der Waals surface area (Å²) in [5.41, 5.74) is 5.76. The molecule has 0 bridgehead atoms. The van der Waals surface area contributed by atoms with Gasteiger partial charge < -0.3 is 15.0 Å². The predicted octanol–water partition coefficient (Wildman–Crippen LogP) is 1.47. The number of hydrogen-bond donors (Lipinski definition) is 1. The molecule has 1 aromatic heterocycles. The highest BCUT2D eigenvalue weighted by atomic mass is 19.1. The van der Waals surface area contributed by atoms with Gasteiger partial charge in [0.05, 0.1) is 11.2 Å². The van der Waals surface area contributed by atoms with Gasteiger partial charge in [-0.05, 0) is 52.1 Å². The number of nitrogens with two attached hydrogens (primary N) is 1. The van der Waals surface area contributed by atoms with E-state index in [9.17, 15) is 4.39 Å². The van der Waals surface area contributed by atoms with Gasteiger partial charge in [-0.3, -0.25) is 0 Å². The number of pyridine rings is 1. The minimum absolute atomic E-state index is 0.443. The van der Waals surface area contributed by atoms with Crippen molar-refractivity contribution in [2.24, 2.45) is 5.73 Å². The van der Waals surface area contributed by atoms with E-state index in [4.69, 9.17) is 15.0 Å². The molecule has 0 unspecified atom stereocenters. The number of hydrogen-bond acceptors (Lipinski definition) is 4. The van der Waals surface area contributed by atoms with Crippen molar-refractivity contribution in [1.29, 1.82) is 0 Å². The van der Waals surface area contributed by atoms with Crippen LogP contribution in [-0.4, -0.2) is 23.3 Å². The lowest BCUT2D eigenvalue weighted by molar-refractivity contribution is 0.00578. The zero-order chi connectivity index (χ0) is 14.8. The first-order chi connectivity index (χ1) is 9.16. The quantitative estimate of drug-likeness (QED) is 0.657. The summed E-state index contributed by atoms with van der Waals surface area (Å²) in [6.07, 6.45) is 2.97. The van der Waals surface area contributed by atoms with Crippen LogP contribution in [0.5, 0.6) is 0 Å². The highest BCUT2D eigenvalue weighted by Gasteiger charge is 2.54. The molecule has 0 spiro atoms. The fourth-order valence-corrected chi connectivity index (χ4v) is 2.49. The first-order valence-electron chi connectivity index (χ1n) is 6.96. The Morgan fingerprint density at radius 1 is 1.20 bits per heavy atom. The summed E-state index contributed by atoms with van der Waals surface area (Å²) in [5.74, 6) is -0.516. The van der Waals surface area contributed by atoms with E-state index in [1.165, 1.54) is 6.20 Å². The lowest BCUT2D eigenvalue weighted by Gasteiger charge is -2.32. The van der Waals surface area contributed by atoms with Gasteiger partial charge >= 0.3 is 7.12 Å². The lowest BCUT2D eigenvalue weighted by atomic mass is 9.74. The summed E-state index contributed by atoms with van der Waals surface area (Å²) in [6, 6.07) is 1.74. The van der Waals surface area contributed by atoms with Crippen molar-refractivity contribution < 1.29 is 13.7 Å². The van der Waals surface area contributed by atoms with Gasteiger partial charge in [0.1, 0.15) is 0 Å². The van der Waals surface area contributed by atoms with Crippen LogP contribution in [0.15, 0.2) is 12.3 Å². The molecule has 1 aliphatic heterocycles. The third-order valence-electron chi connectivity index (χ3n) is 4.73. The molecule has 1 saturated carbocycles. The second-order valence-corrected chi connectivity index (χ2v) is 6.81. The molecule has 3 rings (SSSR count). The number of rotatable bonds is 2. The Labute approximate surface area is 119 Å². The van der Waals surface area contributed by atoms with Crippen molar-refractivity contribution in [3.8, 4) is 0 Å². The Morgan fingerprint density at radius 2 is 1.75 bits per heavy atom. The molecule has 0 radical (unpaired) electrons. The van der Waals surface area contributed by atoms with Crippen LogP contribution in [0, 0.1) is 5.95 Å². The Hall–Kier alpha value is -0.975. The summed E-state index contributed by atoms with van der Waals surface area (Å²) in [7, 11) is -0.603. The highest BCUT2D eigenvalue weighted by Crippen LogP contribution is 2.44. The van der Waals surface area contributed by atoms with Crippen LogP contribution in [0.2, 0.25) is 0 Å². The SMILES string of the molecule is CC1(C)OB(c2ccnc(F)c2C2(N)CC2)OC1(C)C. The van der Waals surface area contributed by atoms with E-state index < -0.39 is 29.8 Å². The summed E-state index contributed by atoms with van der Waals surface area (Å²) in [6.45, 7) is 7.89. The predicted molar refractivity (Wildman–Crippen MR) is 75.0 cm³/mol. The molecule has 0 atom stereocenters. The van der Waals surface area contributed by atoms with Crippen LogP contribution in [-0.2, 0) is 14.8 Å². The average Bonchev–Trinajstić information content (AvgIpc) is 3.00. The van der Waals surface area contributed by atoms with Crippen molar-refractivity contribution in [2.75, 3.05) is 0 Å². The Bertz CT molecular complexity index is 542. The third-order valence-corrected chi connectivity index (χ3v) is 4.73. The molecule has 2 fully saturated rings. The topological polar surface area (TPSA) is 57.4 Å². The molecule has 20 heavy (non-hydrogen) atoms. The molecule has 0 amide bonds. The van der Waals surface area contributed by atoms with Gasteiger partial charge in [-0.2, -0.15) is 4.39 Å². The second kappa shape index (κ2) is 4.03. The van der Waals surface area contributed by atoms with Crippen molar-refractivity contribution in [2.45, 2.75) is 57.3 Å². The number of aromatic nitrogens is 1. The largest absolute Gasteiger partial charge is 0.495 e. The van der Waals surface area contributed by atoms with Gasteiger partial charge in [0.2, 0.25) is 5.95 Å². The van der Waals surface area contributed by atoms with Crippen LogP contribution >= 0.6 is 0 Å². The second-order valence-electron chi connectivity index (χ2n) is 6.81. The smallest absolute Gasteiger partial charge is 0.399 e. The van der Waals surface area contributed by atoms with Crippen molar-refractivity contribution >= 4 is 12.6 Å². The van der Waals surface area contributed by atoms with Gasteiger partial charge in [0.25, 0.3) is 0 Å². The van der Waals surface area contributed by atoms with Gasteiger partial charge in [-0.25, -0.2) is 4.98 Å². The first-order valence-corrected chi connectivity index (χ1v) is 6.96. The molecule has 4 nitrogen and oxygen atoms in total. The van der Waals surface area contributed by atoms with Crippen LogP contribution < -0.4 is 11.2 Å². The maximum Gasteiger partial charge on any atom is 0.495 e. The summed E-state index contributed by atoms with van der Waals surface area (Å²) >= 11 is 0. The van der Waals surface area contributed by atoms with E-state index >= 15 is 0 Å². The Balaban J connectivity index is 2.03. The Morgan fingerprint density at radius 3 is 2.25 bits per heavy atom. The molecule has 1 aliphatic carbocycles. The molecular formula is C14H20BFN2O2. The maximum atomic E-state index is 14.1. The normalized spacial score (nSPS) is 25.8. The van der Waals surface area contributed by atoms with Crippen LogP contribution in [0.4, 0.5) is 4.39 Å². The standard InChI is InChI=1S/C14H20BFN2O2/c1-12(2)13(3,4)20-15(19-12)9-5-8-18-11(16)10(9)14(17)6-7-14/h5,8H,6-7,17H2,1-4H3. The maximum absolute atomic E-state index is 14.1. The minimum atomic E-state index is -0.614. The van der Waals surface area contributed by atoms with Gasteiger partial charge in [-0.15, -0.1) is 0 Å². The first kappa shape index (κ1) is 14.0. The summed E-state index contributed by atoms with van der Waals surface area (Å²) in [4.78, 5) is 3.73. The zero-order valence-corrected chi connectivity index (χ0v) is 12.4. The number of halogens is 1. The summed E-state index contributed by atoms with van der Waals surface area (Å²) < 4.78 is 26.1. The van der Waals surface area contributed by atoms with Gasteiger partial charge in [0.15, 0.2) is 0 Å².